The molecule has 1 atom stereocenters. The molecule has 4 rings (SSSR count). The molecule has 0 aliphatic rings. The van der Waals surface area contributed by atoms with Crippen molar-refractivity contribution in [3.63, 3.8) is 0 Å². The van der Waals surface area contributed by atoms with Crippen LogP contribution in [0.25, 0.3) is 5.82 Å². The van der Waals surface area contributed by atoms with Gasteiger partial charge in [-0.3, -0.25) is 9.59 Å². The number of carbonyl (C=O) groups excluding carboxylic acids is 2. The van der Waals surface area contributed by atoms with Gasteiger partial charge in [-0.1, -0.05) is 11.6 Å². The standard InChI is InChI=1S/C21H15ClF3N7O2S/c1-11(30-18(33)14-7-17(29-10-28-14)32-4-2-3-5-32)20-27-9-15(35-20)19(34)31-16-6-12(21(23,24)25)13(22)8-26-16/h2-11H,1H3,(H,30,33)(H,26,31,34). The molecule has 9 nitrogen and oxygen atoms in total. The van der Waals surface area contributed by atoms with Crippen molar-refractivity contribution in [2.45, 2.75) is 19.1 Å². The van der Waals surface area contributed by atoms with Gasteiger partial charge in [0.25, 0.3) is 11.8 Å². The number of halogens is 4. The van der Waals surface area contributed by atoms with E-state index in [1.807, 2.05) is 12.1 Å². The quantitative estimate of drug-likeness (QED) is 0.385. The molecule has 0 radical (unpaired) electrons. The average Bonchev–Trinajstić information content (AvgIpc) is 3.52. The SMILES string of the molecule is CC(NC(=O)c1cc(-n2cccc2)ncn1)c1ncc(C(=O)Nc2cc(C(F)(F)F)c(Cl)cn2)s1. The second-order valence-electron chi connectivity index (χ2n) is 7.11. The van der Waals surface area contributed by atoms with Gasteiger partial charge >= 0.3 is 6.18 Å². The molecule has 4 aromatic rings. The first-order valence-electron chi connectivity index (χ1n) is 9.88. The number of amides is 2. The maximum Gasteiger partial charge on any atom is 0.418 e. The number of pyridine rings is 1. The lowest BCUT2D eigenvalue weighted by Gasteiger charge is -2.11. The van der Waals surface area contributed by atoms with Crippen molar-refractivity contribution in [1.29, 1.82) is 0 Å². The summed E-state index contributed by atoms with van der Waals surface area (Å²) in [6.45, 7) is 1.67. The number of thiazole rings is 1. The third-order valence-corrected chi connectivity index (χ3v) is 6.10. The van der Waals surface area contributed by atoms with E-state index in [-0.39, 0.29) is 16.4 Å². The third-order valence-electron chi connectivity index (χ3n) is 4.62. The summed E-state index contributed by atoms with van der Waals surface area (Å²) in [6.07, 6.45) is 2.20. The van der Waals surface area contributed by atoms with Crippen molar-refractivity contribution >= 4 is 40.6 Å². The Balaban J connectivity index is 1.42. The highest BCUT2D eigenvalue weighted by atomic mass is 35.5. The smallest absolute Gasteiger partial charge is 0.342 e. The van der Waals surface area contributed by atoms with E-state index in [4.69, 9.17) is 11.6 Å². The number of nitrogens with one attached hydrogen (secondary N) is 2. The molecule has 0 fully saturated rings. The number of aromatic nitrogens is 5. The molecule has 14 heteroatoms. The molecule has 2 N–H and O–H groups in total. The van der Waals surface area contributed by atoms with Crippen molar-refractivity contribution in [3.8, 4) is 5.82 Å². The normalized spacial score (nSPS) is 12.3. The first kappa shape index (κ1) is 24.3. The summed E-state index contributed by atoms with van der Waals surface area (Å²) in [5.74, 6) is -0.979. The minimum atomic E-state index is -4.70. The van der Waals surface area contributed by atoms with E-state index in [0.29, 0.717) is 16.9 Å². The molecule has 0 aromatic carbocycles. The van der Waals surface area contributed by atoms with Gasteiger partial charge in [-0.15, -0.1) is 11.3 Å². The maximum atomic E-state index is 13.0. The summed E-state index contributed by atoms with van der Waals surface area (Å²) in [6, 6.07) is 5.23. The van der Waals surface area contributed by atoms with E-state index in [0.717, 1.165) is 17.5 Å². The van der Waals surface area contributed by atoms with Gasteiger partial charge in [0.2, 0.25) is 0 Å². The Kier molecular flexibility index (Phi) is 6.80. The lowest BCUT2D eigenvalue weighted by atomic mass is 10.2. The number of carbonyl (C=O) groups is 2. The van der Waals surface area contributed by atoms with Gasteiger partial charge in [-0.05, 0) is 25.1 Å². The van der Waals surface area contributed by atoms with Crippen LogP contribution in [-0.2, 0) is 6.18 Å². The number of nitrogens with zero attached hydrogens (tertiary/aromatic N) is 5. The van der Waals surface area contributed by atoms with Crippen LogP contribution in [0.4, 0.5) is 19.0 Å². The fourth-order valence-corrected chi connectivity index (χ4v) is 3.95. The Morgan fingerprint density at radius 1 is 1.06 bits per heavy atom. The van der Waals surface area contributed by atoms with Crippen LogP contribution in [0.5, 0.6) is 0 Å². The molecule has 0 aliphatic heterocycles. The molecular formula is C21H15ClF3N7O2S. The van der Waals surface area contributed by atoms with E-state index < -0.39 is 34.6 Å². The van der Waals surface area contributed by atoms with Crippen molar-refractivity contribution in [3.05, 3.63) is 81.5 Å². The van der Waals surface area contributed by atoms with Gasteiger partial charge in [0.05, 0.1) is 22.8 Å². The topological polar surface area (TPSA) is 115 Å². The summed E-state index contributed by atoms with van der Waals surface area (Å²) < 4.78 is 40.8. The largest absolute Gasteiger partial charge is 0.418 e. The van der Waals surface area contributed by atoms with Gasteiger partial charge in [-0.2, -0.15) is 13.2 Å². The second kappa shape index (κ2) is 9.80. The highest BCUT2D eigenvalue weighted by Gasteiger charge is 2.34. The Morgan fingerprint density at radius 3 is 2.51 bits per heavy atom. The van der Waals surface area contributed by atoms with Crippen molar-refractivity contribution in [1.82, 2.24) is 29.8 Å². The zero-order valence-electron chi connectivity index (χ0n) is 17.7. The summed E-state index contributed by atoms with van der Waals surface area (Å²) in [7, 11) is 0. The first-order chi connectivity index (χ1) is 16.6. The molecule has 0 spiro atoms. The lowest BCUT2D eigenvalue weighted by molar-refractivity contribution is -0.137. The number of rotatable bonds is 6. The van der Waals surface area contributed by atoms with Crippen LogP contribution in [0, 0.1) is 0 Å². The van der Waals surface area contributed by atoms with Crippen molar-refractivity contribution in [2.75, 3.05) is 5.32 Å². The van der Waals surface area contributed by atoms with Crippen molar-refractivity contribution < 1.29 is 22.8 Å². The third kappa shape index (κ3) is 5.63. The van der Waals surface area contributed by atoms with Gasteiger partial charge in [0, 0.05) is 24.7 Å². The van der Waals surface area contributed by atoms with Gasteiger partial charge in [0.15, 0.2) is 0 Å². The van der Waals surface area contributed by atoms with Gasteiger partial charge in [-0.25, -0.2) is 19.9 Å². The van der Waals surface area contributed by atoms with Crippen LogP contribution in [0.15, 0.2) is 55.4 Å². The molecule has 180 valence electrons. The molecule has 0 aliphatic carbocycles. The Hall–Kier alpha value is -3.84. The average molecular weight is 522 g/mol. The lowest BCUT2D eigenvalue weighted by Crippen LogP contribution is -2.27. The molecule has 0 saturated carbocycles. The Labute approximate surface area is 205 Å². The highest BCUT2D eigenvalue weighted by Crippen LogP contribution is 2.35. The van der Waals surface area contributed by atoms with Crippen LogP contribution in [0.1, 0.15) is 43.7 Å². The molecule has 0 saturated heterocycles. The number of alkyl halides is 3. The molecular weight excluding hydrogens is 507 g/mol. The summed E-state index contributed by atoms with van der Waals surface area (Å²) >= 11 is 6.51. The summed E-state index contributed by atoms with van der Waals surface area (Å²) in [5.41, 5.74) is -0.977. The zero-order valence-corrected chi connectivity index (χ0v) is 19.3. The van der Waals surface area contributed by atoms with Crippen LogP contribution in [0.3, 0.4) is 0 Å². The Morgan fingerprint density at radius 2 is 1.80 bits per heavy atom. The van der Waals surface area contributed by atoms with E-state index in [9.17, 15) is 22.8 Å². The summed E-state index contributed by atoms with van der Waals surface area (Å²) in [5, 5.41) is 4.86. The summed E-state index contributed by atoms with van der Waals surface area (Å²) in [4.78, 5) is 41.2. The molecule has 0 bridgehead atoms. The van der Waals surface area contributed by atoms with Crippen LogP contribution >= 0.6 is 22.9 Å². The molecule has 35 heavy (non-hydrogen) atoms. The van der Waals surface area contributed by atoms with E-state index in [1.165, 1.54) is 18.6 Å². The zero-order chi connectivity index (χ0) is 25.2. The predicted octanol–water partition coefficient (Wildman–Crippen LogP) is 4.53. The van der Waals surface area contributed by atoms with Gasteiger partial charge in [0.1, 0.15) is 33.5 Å². The van der Waals surface area contributed by atoms with Crippen LogP contribution in [-0.4, -0.2) is 36.3 Å². The minimum absolute atomic E-state index is 0.114. The molecule has 4 heterocycles. The number of hydrogen-bond donors (Lipinski definition) is 2. The maximum absolute atomic E-state index is 13.0. The fourth-order valence-electron chi connectivity index (χ4n) is 2.93. The van der Waals surface area contributed by atoms with E-state index in [1.54, 1.807) is 23.9 Å². The number of hydrogen-bond acceptors (Lipinski definition) is 7. The fraction of sp³-hybridized carbons (Fsp3) is 0.143. The second-order valence-corrected chi connectivity index (χ2v) is 8.58. The van der Waals surface area contributed by atoms with Gasteiger partial charge < -0.3 is 15.2 Å². The minimum Gasteiger partial charge on any atom is -0.342 e. The van der Waals surface area contributed by atoms with Crippen LogP contribution < -0.4 is 10.6 Å². The van der Waals surface area contributed by atoms with Crippen molar-refractivity contribution in [2.24, 2.45) is 0 Å². The van der Waals surface area contributed by atoms with E-state index in [2.05, 4.69) is 30.6 Å². The molecule has 2 amide bonds. The first-order valence-corrected chi connectivity index (χ1v) is 11.1. The molecule has 1 unspecified atom stereocenters. The predicted molar refractivity (Wildman–Crippen MR) is 122 cm³/mol. The van der Waals surface area contributed by atoms with Crippen LogP contribution in [0.2, 0.25) is 5.02 Å². The highest BCUT2D eigenvalue weighted by molar-refractivity contribution is 7.13. The monoisotopic (exact) mass is 521 g/mol. The Bertz CT molecular complexity index is 1380. The van der Waals surface area contributed by atoms with E-state index >= 15 is 0 Å². The molecule has 4 aromatic heterocycles. The number of anilines is 1.